The van der Waals surface area contributed by atoms with Crippen LogP contribution in [0, 0.1) is 0 Å². The Kier molecular flexibility index (Phi) is 5.76. The molecule has 1 aromatic heterocycles. The molecule has 0 atom stereocenters. The lowest BCUT2D eigenvalue weighted by atomic mass is 10.2. The molecule has 140 valence electrons. The number of hydrogen-bond donors (Lipinski definition) is 1. The van der Waals surface area contributed by atoms with Crippen molar-refractivity contribution >= 4 is 22.4 Å². The third-order valence-corrected chi connectivity index (χ3v) is 4.64. The van der Waals surface area contributed by atoms with Crippen LogP contribution in [-0.2, 0) is 4.74 Å². The van der Waals surface area contributed by atoms with E-state index >= 15 is 0 Å². The number of rotatable bonds is 7. The number of nitrogens with one attached hydrogen (secondary N) is 1. The zero-order chi connectivity index (χ0) is 18.3. The van der Waals surface area contributed by atoms with Crippen LogP contribution in [0.4, 0.5) is 11.5 Å². The molecule has 1 fully saturated rings. The first-order chi connectivity index (χ1) is 13.4. The summed E-state index contributed by atoms with van der Waals surface area (Å²) in [4.78, 5) is 11.2. The summed E-state index contributed by atoms with van der Waals surface area (Å²) in [5, 5.41) is 4.32. The van der Waals surface area contributed by atoms with Crippen molar-refractivity contribution in [2.24, 2.45) is 0 Å². The Balaban J connectivity index is 1.37. The summed E-state index contributed by atoms with van der Waals surface area (Å²) in [5.74, 6) is 1.64. The van der Waals surface area contributed by atoms with Crippen LogP contribution in [0.3, 0.4) is 0 Å². The molecular weight excluding hydrogens is 340 g/mol. The summed E-state index contributed by atoms with van der Waals surface area (Å²) in [6.07, 6.45) is 2.58. The minimum Gasteiger partial charge on any atom is -0.493 e. The maximum atomic E-state index is 5.92. The average Bonchev–Trinajstić information content (AvgIpc) is 2.73. The van der Waals surface area contributed by atoms with Gasteiger partial charge in [0.25, 0.3) is 0 Å². The van der Waals surface area contributed by atoms with E-state index in [2.05, 4.69) is 20.2 Å². The Labute approximate surface area is 159 Å². The first-order valence-electron chi connectivity index (χ1n) is 9.38. The number of ether oxygens (including phenoxy) is 2. The molecule has 0 radical (unpaired) electrons. The number of hydrogen-bond acceptors (Lipinski definition) is 6. The molecule has 0 saturated carbocycles. The molecule has 1 N–H and O–H groups in total. The van der Waals surface area contributed by atoms with E-state index in [1.807, 2.05) is 48.5 Å². The van der Waals surface area contributed by atoms with Crippen molar-refractivity contribution in [3.8, 4) is 5.75 Å². The zero-order valence-electron chi connectivity index (χ0n) is 15.3. The Bertz CT molecular complexity index is 866. The molecule has 1 aliphatic heterocycles. The van der Waals surface area contributed by atoms with Gasteiger partial charge < -0.3 is 14.8 Å². The van der Waals surface area contributed by atoms with E-state index in [0.29, 0.717) is 6.61 Å². The summed E-state index contributed by atoms with van der Waals surface area (Å²) < 4.78 is 11.3. The summed E-state index contributed by atoms with van der Waals surface area (Å²) >= 11 is 0. The molecular formula is C21H24N4O2. The number of morpholine rings is 1. The van der Waals surface area contributed by atoms with Gasteiger partial charge >= 0.3 is 0 Å². The van der Waals surface area contributed by atoms with E-state index in [9.17, 15) is 0 Å². The number of benzene rings is 2. The van der Waals surface area contributed by atoms with Crippen molar-refractivity contribution in [1.82, 2.24) is 14.9 Å². The average molecular weight is 364 g/mol. The van der Waals surface area contributed by atoms with Crippen LogP contribution >= 0.6 is 0 Å². The number of fused-ring (bicyclic) bond motifs is 1. The summed E-state index contributed by atoms with van der Waals surface area (Å²) in [6, 6.07) is 16.0. The van der Waals surface area contributed by atoms with Crippen molar-refractivity contribution in [2.45, 2.75) is 6.42 Å². The van der Waals surface area contributed by atoms with E-state index in [-0.39, 0.29) is 0 Å². The molecule has 6 heteroatoms. The van der Waals surface area contributed by atoms with Gasteiger partial charge in [-0.2, -0.15) is 0 Å². The maximum Gasteiger partial charge on any atom is 0.141 e. The lowest BCUT2D eigenvalue weighted by Crippen LogP contribution is -2.37. The number of nitrogens with zero attached hydrogens (tertiary/aromatic N) is 3. The van der Waals surface area contributed by atoms with Gasteiger partial charge in [0.1, 0.15) is 17.9 Å². The number of para-hydroxylation sites is 1. The van der Waals surface area contributed by atoms with Crippen LogP contribution in [0.25, 0.3) is 10.9 Å². The molecule has 0 unspecified atom stereocenters. The third-order valence-electron chi connectivity index (χ3n) is 4.64. The van der Waals surface area contributed by atoms with Crippen molar-refractivity contribution in [3.05, 3.63) is 54.9 Å². The van der Waals surface area contributed by atoms with Gasteiger partial charge in [0.15, 0.2) is 0 Å². The molecule has 2 heterocycles. The quantitative estimate of drug-likeness (QED) is 0.648. The summed E-state index contributed by atoms with van der Waals surface area (Å²) in [6.45, 7) is 5.46. The maximum absolute atomic E-state index is 5.92. The molecule has 3 aromatic rings. The van der Waals surface area contributed by atoms with Crippen molar-refractivity contribution in [1.29, 1.82) is 0 Å². The van der Waals surface area contributed by atoms with E-state index in [1.165, 1.54) is 0 Å². The predicted octanol–water partition coefficient (Wildman–Crippen LogP) is 3.47. The lowest BCUT2D eigenvalue weighted by molar-refractivity contribution is 0.0358. The molecule has 0 spiro atoms. The highest BCUT2D eigenvalue weighted by molar-refractivity contribution is 5.91. The molecule has 4 rings (SSSR count). The first kappa shape index (κ1) is 17.7. The second-order valence-electron chi connectivity index (χ2n) is 6.55. The lowest BCUT2D eigenvalue weighted by Gasteiger charge is -2.26. The molecule has 0 bridgehead atoms. The largest absolute Gasteiger partial charge is 0.493 e. The zero-order valence-corrected chi connectivity index (χ0v) is 15.3. The van der Waals surface area contributed by atoms with Gasteiger partial charge in [0, 0.05) is 36.8 Å². The molecule has 27 heavy (non-hydrogen) atoms. The Morgan fingerprint density at radius 3 is 2.74 bits per heavy atom. The van der Waals surface area contributed by atoms with E-state index in [1.54, 1.807) is 6.33 Å². The van der Waals surface area contributed by atoms with Crippen LogP contribution in [0.1, 0.15) is 6.42 Å². The second kappa shape index (κ2) is 8.79. The van der Waals surface area contributed by atoms with Crippen molar-refractivity contribution < 1.29 is 9.47 Å². The van der Waals surface area contributed by atoms with Crippen LogP contribution in [0.15, 0.2) is 54.9 Å². The third kappa shape index (κ3) is 4.72. The van der Waals surface area contributed by atoms with Gasteiger partial charge in [-0.15, -0.1) is 0 Å². The van der Waals surface area contributed by atoms with Gasteiger partial charge in [-0.05, 0) is 30.7 Å². The molecule has 0 amide bonds. The van der Waals surface area contributed by atoms with Gasteiger partial charge in [-0.1, -0.05) is 18.2 Å². The molecule has 1 saturated heterocycles. The van der Waals surface area contributed by atoms with E-state index in [0.717, 1.165) is 67.4 Å². The smallest absolute Gasteiger partial charge is 0.141 e. The molecule has 1 aliphatic rings. The van der Waals surface area contributed by atoms with Crippen LogP contribution in [-0.4, -0.2) is 54.3 Å². The minimum atomic E-state index is 0.697. The van der Waals surface area contributed by atoms with Crippen LogP contribution < -0.4 is 10.1 Å². The summed E-state index contributed by atoms with van der Waals surface area (Å²) in [7, 11) is 0. The fourth-order valence-corrected chi connectivity index (χ4v) is 3.19. The van der Waals surface area contributed by atoms with Gasteiger partial charge in [-0.25, -0.2) is 9.97 Å². The fraction of sp³-hybridized carbons (Fsp3) is 0.333. The van der Waals surface area contributed by atoms with E-state index in [4.69, 9.17) is 9.47 Å². The Hall–Kier alpha value is -2.70. The highest BCUT2D eigenvalue weighted by atomic mass is 16.5. The highest BCUT2D eigenvalue weighted by Gasteiger charge is 2.10. The SMILES string of the molecule is c1ccc(Nc2ncnc3cc(OCCCN4CCOCC4)ccc23)cc1. The predicted molar refractivity (Wildman–Crippen MR) is 107 cm³/mol. The van der Waals surface area contributed by atoms with Crippen LogP contribution in [0.2, 0.25) is 0 Å². The minimum absolute atomic E-state index is 0.697. The summed E-state index contributed by atoms with van der Waals surface area (Å²) in [5.41, 5.74) is 1.87. The normalized spacial score (nSPS) is 15.0. The monoisotopic (exact) mass is 364 g/mol. The van der Waals surface area contributed by atoms with Gasteiger partial charge in [-0.3, -0.25) is 4.90 Å². The van der Waals surface area contributed by atoms with Crippen molar-refractivity contribution in [3.63, 3.8) is 0 Å². The van der Waals surface area contributed by atoms with Gasteiger partial charge in [0.2, 0.25) is 0 Å². The Morgan fingerprint density at radius 1 is 1.04 bits per heavy atom. The standard InChI is InChI=1S/C21H24N4O2/c1-2-5-17(6-3-1)24-21-19-8-7-18(15-20(19)22-16-23-21)27-12-4-9-25-10-13-26-14-11-25/h1-3,5-8,15-16H,4,9-14H2,(H,22,23,24). The first-order valence-corrected chi connectivity index (χ1v) is 9.38. The second-order valence-corrected chi connectivity index (χ2v) is 6.55. The van der Waals surface area contributed by atoms with Crippen LogP contribution in [0.5, 0.6) is 5.75 Å². The molecule has 0 aliphatic carbocycles. The number of anilines is 2. The number of aromatic nitrogens is 2. The fourth-order valence-electron chi connectivity index (χ4n) is 3.19. The topological polar surface area (TPSA) is 59.5 Å². The van der Waals surface area contributed by atoms with E-state index < -0.39 is 0 Å². The molecule has 2 aromatic carbocycles. The van der Waals surface area contributed by atoms with Gasteiger partial charge in [0.05, 0.1) is 25.3 Å². The van der Waals surface area contributed by atoms with Crippen molar-refractivity contribution in [2.75, 3.05) is 44.8 Å². The highest BCUT2D eigenvalue weighted by Crippen LogP contribution is 2.26. The molecule has 6 nitrogen and oxygen atoms in total. The Morgan fingerprint density at radius 2 is 1.89 bits per heavy atom.